The van der Waals surface area contributed by atoms with Crippen LogP contribution in [-0.2, 0) is 16.1 Å². The first kappa shape index (κ1) is 24.8. The number of piperidine rings is 1. The van der Waals surface area contributed by atoms with Crippen LogP contribution in [-0.4, -0.2) is 47.7 Å². The van der Waals surface area contributed by atoms with Gasteiger partial charge in [0, 0.05) is 44.5 Å². The molecule has 2 aromatic carbocycles. The molecule has 0 saturated carbocycles. The van der Waals surface area contributed by atoms with Crippen molar-refractivity contribution in [2.75, 3.05) is 25.5 Å². The fourth-order valence-corrected chi connectivity index (χ4v) is 4.54. The number of hydrogen-bond donors (Lipinski definition) is 1. The molecule has 7 heteroatoms. The summed E-state index contributed by atoms with van der Waals surface area (Å²) in [7, 11) is 1.73. The highest BCUT2D eigenvalue weighted by molar-refractivity contribution is 6.31. The SMILES string of the molecule is C[C@@H]1C[C@H](C)CN(C(=O)c2cc(Cl)ccc2NC(=O)CCC(=O)N(C)Cc2ccccc2)C1. The van der Waals surface area contributed by atoms with E-state index in [9.17, 15) is 14.4 Å². The molecule has 1 N–H and O–H groups in total. The van der Waals surface area contributed by atoms with E-state index in [1.807, 2.05) is 35.2 Å². The Morgan fingerprint density at radius 1 is 1.03 bits per heavy atom. The third-order valence-corrected chi connectivity index (χ3v) is 6.13. The molecule has 0 unspecified atom stereocenters. The first-order chi connectivity index (χ1) is 15.7. The summed E-state index contributed by atoms with van der Waals surface area (Å²) in [6.07, 6.45) is 1.22. The molecule has 0 aromatic heterocycles. The van der Waals surface area contributed by atoms with E-state index in [1.165, 1.54) is 0 Å². The molecule has 1 saturated heterocycles. The molecule has 6 nitrogen and oxygen atoms in total. The maximum Gasteiger partial charge on any atom is 0.256 e. The predicted molar refractivity (Wildman–Crippen MR) is 131 cm³/mol. The quantitative estimate of drug-likeness (QED) is 0.631. The van der Waals surface area contributed by atoms with E-state index in [1.54, 1.807) is 30.1 Å². The number of carbonyl (C=O) groups is 3. The number of hydrogen-bond acceptors (Lipinski definition) is 3. The zero-order valence-corrected chi connectivity index (χ0v) is 20.3. The Labute approximate surface area is 200 Å². The molecule has 1 heterocycles. The number of likely N-dealkylation sites (tertiary alicyclic amines) is 1. The second-order valence-electron chi connectivity index (χ2n) is 9.13. The van der Waals surface area contributed by atoms with Crippen LogP contribution < -0.4 is 5.32 Å². The molecule has 0 bridgehead atoms. The zero-order chi connectivity index (χ0) is 24.0. The lowest BCUT2D eigenvalue weighted by atomic mass is 9.91. The molecule has 176 valence electrons. The summed E-state index contributed by atoms with van der Waals surface area (Å²) in [4.78, 5) is 41.7. The number of anilines is 1. The van der Waals surface area contributed by atoms with Crippen molar-refractivity contribution >= 4 is 35.0 Å². The molecule has 1 aliphatic rings. The van der Waals surface area contributed by atoms with Crippen molar-refractivity contribution in [3.8, 4) is 0 Å². The van der Waals surface area contributed by atoms with Crippen LogP contribution in [0.2, 0.25) is 5.02 Å². The molecular weight excluding hydrogens is 438 g/mol. The number of nitrogens with one attached hydrogen (secondary N) is 1. The molecular formula is C26H32ClN3O3. The van der Waals surface area contributed by atoms with E-state index in [-0.39, 0.29) is 30.6 Å². The lowest BCUT2D eigenvalue weighted by Gasteiger charge is -2.35. The van der Waals surface area contributed by atoms with E-state index in [4.69, 9.17) is 11.6 Å². The highest BCUT2D eigenvalue weighted by Gasteiger charge is 2.28. The molecule has 0 radical (unpaired) electrons. The Hall–Kier alpha value is -2.86. The van der Waals surface area contributed by atoms with Gasteiger partial charge in [-0.25, -0.2) is 0 Å². The average Bonchev–Trinajstić information content (AvgIpc) is 2.78. The standard InChI is InChI=1S/C26H32ClN3O3/c1-18-13-19(2)16-30(15-18)26(33)22-14-21(27)9-10-23(22)28-24(31)11-12-25(32)29(3)17-20-7-5-4-6-8-20/h4-10,14,18-19H,11-13,15-17H2,1-3H3,(H,28,31)/t18-,19+. The maximum absolute atomic E-state index is 13.2. The molecule has 2 atom stereocenters. The van der Waals surface area contributed by atoms with Crippen molar-refractivity contribution in [3.05, 3.63) is 64.7 Å². The van der Waals surface area contributed by atoms with E-state index < -0.39 is 0 Å². The third kappa shape index (κ3) is 7.06. The minimum absolute atomic E-state index is 0.0337. The normalized spacial score (nSPS) is 18.0. The minimum atomic E-state index is -0.312. The Balaban J connectivity index is 1.60. The highest BCUT2D eigenvalue weighted by Crippen LogP contribution is 2.27. The Morgan fingerprint density at radius 2 is 1.70 bits per heavy atom. The number of benzene rings is 2. The van der Waals surface area contributed by atoms with Crippen LogP contribution in [0.5, 0.6) is 0 Å². The molecule has 1 aliphatic heterocycles. The van der Waals surface area contributed by atoms with Crippen LogP contribution in [0.1, 0.15) is 49.0 Å². The van der Waals surface area contributed by atoms with Gasteiger partial charge in [-0.05, 0) is 42.0 Å². The van der Waals surface area contributed by atoms with Crippen LogP contribution >= 0.6 is 11.6 Å². The van der Waals surface area contributed by atoms with Gasteiger partial charge in [0.25, 0.3) is 5.91 Å². The first-order valence-corrected chi connectivity index (χ1v) is 11.8. The van der Waals surface area contributed by atoms with Crippen molar-refractivity contribution in [1.82, 2.24) is 9.80 Å². The molecule has 0 spiro atoms. The lowest BCUT2D eigenvalue weighted by Crippen LogP contribution is -2.42. The molecule has 0 aliphatic carbocycles. The zero-order valence-electron chi connectivity index (χ0n) is 19.5. The van der Waals surface area contributed by atoms with E-state index in [0.717, 1.165) is 12.0 Å². The molecule has 1 fully saturated rings. The second kappa shape index (κ2) is 11.3. The third-order valence-electron chi connectivity index (χ3n) is 5.90. The predicted octanol–water partition coefficient (Wildman–Crippen LogP) is 4.84. The van der Waals surface area contributed by atoms with Crippen LogP contribution in [0.4, 0.5) is 5.69 Å². The summed E-state index contributed by atoms with van der Waals surface area (Å²) in [5, 5.41) is 3.25. The molecule has 2 aromatic rings. The van der Waals surface area contributed by atoms with Crippen LogP contribution in [0.3, 0.4) is 0 Å². The maximum atomic E-state index is 13.2. The summed E-state index contributed by atoms with van der Waals surface area (Å²) >= 11 is 6.16. The number of rotatable bonds is 7. The van der Waals surface area contributed by atoms with Gasteiger partial charge in [-0.1, -0.05) is 55.8 Å². The fourth-order valence-electron chi connectivity index (χ4n) is 4.37. The largest absolute Gasteiger partial charge is 0.341 e. The van der Waals surface area contributed by atoms with Gasteiger partial charge in [0.2, 0.25) is 11.8 Å². The van der Waals surface area contributed by atoms with Crippen molar-refractivity contribution in [1.29, 1.82) is 0 Å². The van der Waals surface area contributed by atoms with Gasteiger partial charge in [-0.15, -0.1) is 0 Å². The highest BCUT2D eigenvalue weighted by atomic mass is 35.5. The Morgan fingerprint density at radius 3 is 2.36 bits per heavy atom. The molecule has 33 heavy (non-hydrogen) atoms. The van der Waals surface area contributed by atoms with Crippen molar-refractivity contribution in [2.45, 2.75) is 39.7 Å². The van der Waals surface area contributed by atoms with Crippen molar-refractivity contribution in [2.24, 2.45) is 11.8 Å². The summed E-state index contributed by atoms with van der Waals surface area (Å²) in [5.41, 5.74) is 1.83. The second-order valence-corrected chi connectivity index (χ2v) is 9.57. The lowest BCUT2D eigenvalue weighted by molar-refractivity contribution is -0.132. The van der Waals surface area contributed by atoms with Crippen molar-refractivity contribution in [3.63, 3.8) is 0 Å². The number of amides is 3. The number of halogens is 1. The fraction of sp³-hybridized carbons (Fsp3) is 0.423. The molecule has 3 rings (SSSR count). The van der Waals surface area contributed by atoms with Gasteiger partial charge in [-0.3, -0.25) is 14.4 Å². The first-order valence-electron chi connectivity index (χ1n) is 11.4. The van der Waals surface area contributed by atoms with Gasteiger partial charge >= 0.3 is 0 Å². The van der Waals surface area contributed by atoms with Crippen molar-refractivity contribution < 1.29 is 14.4 Å². The minimum Gasteiger partial charge on any atom is -0.341 e. The topological polar surface area (TPSA) is 69.7 Å². The van der Waals surface area contributed by atoms with Crippen LogP contribution in [0.15, 0.2) is 48.5 Å². The average molecular weight is 470 g/mol. The van der Waals surface area contributed by atoms with Crippen LogP contribution in [0, 0.1) is 11.8 Å². The summed E-state index contributed by atoms with van der Waals surface area (Å²) < 4.78 is 0. The molecule has 3 amide bonds. The Kier molecular flexibility index (Phi) is 8.50. The van der Waals surface area contributed by atoms with E-state index in [0.29, 0.717) is 47.7 Å². The summed E-state index contributed by atoms with van der Waals surface area (Å²) in [6.45, 7) is 6.14. The van der Waals surface area contributed by atoms with E-state index >= 15 is 0 Å². The summed E-state index contributed by atoms with van der Waals surface area (Å²) in [6, 6.07) is 14.6. The number of nitrogens with zero attached hydrogens (tertiary/aromatic N) is 2. The van der Waals surface area contributed by atoms with Gasteiger partial charge < -0.3 is 15.1 Å². The summed E-state index contributed by atoms with van der Waals surface area (Å²) in [5.74, 6) is 0.290. The van der Waals surface area contributed by atoms with Gasteiger partial charge in [0.05, 0.1) is 11.3 Å². The van der Waals surface area contributed by atoms with Crippen LogP contribution in [0.25, 0.3) is 0 Å². The smallest absolute Gasteiger partial charge is 0.256 e. The van der Waals surface area contributed by atoms with E-state index in [2.05, 4.69) is 19.2 Å². The number of carbonyl (C=O) groups excluding carboxylic acids is 3. The van der Waals surface area contributed by atoms with Gasteiger partial charge in [-0.2, -0.15) is 0 Å². The van der Waals surface area contributed by atoms with Gasteiger partial charge in [0.1, 0.15) is 0 Å². The Bertz CT molecular complexity index is 986. The monoisotopic (exact) mass is 469 g/mol. The van der Waals surface area contributed by atoms with Gasteiger partial charge in [0.15, 0.2) is 0 Å².